The van der Waals surface area contributed by atoms with Crippen molar-refractivity contribution in [2.75, 3.05) is 13.1 Å². The largest absolute Gasteiger partial charge is 0.471 e. The van der Waals surface area contributed by atoms with Gasteiger partial charge in [-0.3, -0.25) is 9.59 Å². The zero-order chi connectivity index (χ0) is 20.1. The normalized spacial score (nSPS) is 21.0. The maximum absolute atomic E-state index is 12.6. The molecule has 1 fully saturated rings. The summed E-state index contributed by atoms with van der Waals surface area (Å²) in [5.74, 6) is -3.24. The first kappa shape index (κ1) is 22.2. The molecule has 7 nitrogen and oxygen atoms in total. The molecule has 0 unspecified atom stereocenters. The van der Waals surface area contributed by atoms with E-state index in [0.29, 0.717) is 25.7 Å². The maximum Gasteiger partial charge on any atom is 0.471 e. The molecule has 1 aliphatic rings. The molecule has 0 aromatic carbocycles. The summed E-state index contributed by atoms with van der Waals surface area (Å²) in [7, 11) is 0. The van der Waals surface area contributed by atoms with Gasteiger partial charge in [0.1, 0.15) is 5.60 Å². The van der Waals surface area contributed by atoms with Crippen molar-refractivity contribution in [3.05, 3.63) is 0 Å². The Bertz CT molecular complexity index is 523. The Morgan fingerprint density at radius 2 is 1.65 bits per heavy atom. The van der Waals surface area contributed by atoms with E-state index in [0.717, 1.165) is 4.90 Å². The highest BCUT2D eigenvalue weighted by molar-refractivity contribution is 5.93. The average molecular weight is 382 g/mol. The zero-order valence-electron chi connectivity index (χ0n) is 15.1. The van der Waals surface area contributed by atoms with Crippen molar-refractivity contribution in [2.24, 2.45) is 5.92 Å². The van der Waals surface area contributed by atoms with Crippen molar-refractivity contribution in [1.29, 1.82) is 0 Å². The van der Waals surface area contributed by atoms with Crippen LogP contribution in [0.3, 0.4) is 0 Å². The number of hydrogen-bond acceptors (Lipinski definition) is 5. The van der Waals surface area contributed by atoms with E-state index >= 15 is 0 Å². The number of imide groups is 1. The first-order chi connectivity index (χ1) is 11.8. The maximum atomic E-state index is 12.6. The van der Waals surface area contributed by atoms with Gasteiger partial charge in [0.2, 0.25) is 5.91 Å². The third-order valence-electron chi connectivity index (χ3n) is 3.80. The van der Waals surface area contributed by atoms with Crippen LogP contribution >= 0.6 is 0 Å². The highest BCUT2D eigenvalue weighted by Crippen LogP contribution is 2.26. The van der Waals surface area contributed by atoms with E-state index in [1.54, 1.807) is 26.1 Å². The summed E-state index contributed by atoms with van der Waals surface area (Å²) >= 11 is 0. The van der Waals surface area contributed by atoms with Crippen LogP contribution < -0.4 is 5.32 Å². The molecule has 2 N–H and O–H groups in total. The average Bonchev–Trinajstić information content (AvgIpc) is 2.48. The molecule has 10 heteroatoms. The van der Waals surface area contributed by atoms with Crippen LogP contribution in [0.1, 0.15) is 46.5 Å². The number of alkyl halides is 3. The highest BCUT2D eigenvalue weighted by Gasteiger charge is 2.39. The third-order valence-corrected chi connectivity index (χ3v) is 3.80. The number of ether oxygens (including phenoxy) is 1. The van der Waals surface area contributed by atoms with E-state index in [1.807, 2.05) is 0 Å². The van der Waals surface area contributed by atoms with Crippen LogP contribution in [0.2, 0.25) is 0 Å². The van der Waals surface area contributed by atoms with E-state index < -0.39 is 54.8 Å². The first-order valence-electron chi connectivity index (χ1n) is 8.38. The predicted octanol–water partition coefficient (Wildman–Crippen LogP) is 1.98. The Balaban J connectivity index is 2.77. The van der Waals surface area contributed by atoms with Gasteiger partial charge in [0.05, 0.1) is 6.10 Å². The minimum Gasteiger partial charge on any atom is -0.443 e. The number of carbonyl (C=O) groups excluding carboxylic acids is 3. The molecule has 0 heterocycles. The fourth-order valence-electron chi connectivity index (χ4n) is 2.53. The molecule has 0 spiro atoms. The van der Waals surface area contributed by atoms with Crippen molar-refractivity contribution in [2.45, 2.75) is 64.3 Å². The number of hydrogen-bond donors (Lipinski definition) is 2. The number of amides is 3. The molecule has 150 valence electrons. The monoisotopic (exact) mass is 382 g/mol. The Morgan fingerprint density at radius 3 is 2.12 bits per heavy atom. The molecule has 0 saturated heterocycles. The van der Waals surface area contributed by atoms with Gasteiger partial charge in [0, 0.05) is 19.0 Å². The Morgan fingerprint density at radius 1 is 1.12 bits per heavy atom. The summed E-state index contributed by atoms with van der Waals surface area (Å²) in [6.45, 7) is 3.80. The Labute approximate surface area is 149 Å². The van der Waals surface area contributed by atoms with Crippen LogP contribution in [0.15, 0.2) is 0 Å². The lowest BCUT2D eigenvalue weighted by Gasteiger charge is -2.31. The van der Waals surface area contributed by atoms with E-state index in [1.165, 1.54) is 0 Å². The molecular weight excluding hydrogens is 357 g/mol. The second-order valence-corrected chi connectivity index (χ2v) is 7.23. The standard InChI is InChI=1S/C16H25F3N2O5/c1-15(2,3)26-14(25)21(9-8-20-13(24)16(17,18)19)12(23)10-4-6-11(22)7-5-10/h10-11,22H,4-9H2,1-3H3,(H,20,24). The lowest BCUT2D eigenvalue weighted by molar-refractivity contribution is -0.173. The van der Waals surface area contributed by atoms with Gasteiger partial charge in [-0.05, 0) is 46.5 Å². The zero-order valence-corrected chi connectivity index (χ0v) is 15.1. The van der Waals surface area contributed by atoms with Crippen LogP contribution in [0.25, 0.3) is 0 Å². The van der Waals surface area contributed by atoms with Crippen molar-refractivity contribution >= 4 is 17.9 Å². The van der Waals surface area contributed by atoms with Gasteiger partial charge in [-0.1, -0.05) is 0 Å². The number of aliphatic hydroxyl groups excluding tert-OH is 1. The van der Waals surface area contributed by atoms with Gasteiger partial charge in [-0.2, -0.15) is 13.2 Å². The summed E-state index contributed by atoms with van der Waals surface area (Å²) in [5.41, 5.74) is -0.895. The van der Waals surface area contributed by atoms with E-state index in [2.05, 4.69) is 0 Å². The summed E-state index contributed by atoms with van der Waals surface area (Å²) < 4.78 is 41.8. The lowest BCUT2D eigenvalue weighted by atomic mass is 9.86. The molecule has 1 rings (SSSR count). The van der Waals surface area contributed by atoms with Crippen LogP contribution in [-0.4, -0.2) is 58.9 Å². The number of nitrogens with one attached hydrogen (secondary N) is 1. The van der Waals surface area contributed by atoms with Crippen LogP contribution in [0, 0.1) is 5.92 Å². The minimum atomic E-state index is -5.04. The van der Waals surface area contributed by atoms with Gasteiger partial charge in [-0.15, -0.1) is 0 Å². The van der Waals surface area contributed by atoms with Gasteiger partial charge in [0.25, 0.3) is 0 Å². The number of rotatable bonds is 4. The summed E-state index contributed by atoms with van der Waals surface area (Å²) in [4.78, 5) is 36.5. The number of carbonyl (C=O) groups is 3. The molecular formula is C16H25F3N2O5. The minimum absolute atomic E-state index is 0.369. The molecule has 0 aromatic heterocycles. The van der Waals surface area contributed by atoms with Crippen molar-refractivity contribution < 1.29 is 37.4 Å². The molecule has 0 bridgehead atoms. The van der Waals surface area contributed by atoms with Crippen molar-refractivity contribution in [3.8, 4) is 0 Å². The van der Waals surface area contributed by atoms with E-state index in [-0.39, 0.29) is 0 Å². The molecule has 1 saturated carbocycles. The van der Waals surface area contributed by atoms with Gasteiger partial charge in [-0.25, -0.2) is 9.69 Å². The lowest BCUT2D eigenvalue weighted by Crippen LogP contribution is -2.48. The van der Waals surface area contributed by atoms with E-state index in [9.17, 15) is 32.7 Å². The molecule has 3 amide bonds. The topological polar surface area (TPSA) is 95.9 Å². The Hall–Kier alpha value is -1.84. The quantitative estimate of drug-likeness (QED) is 0.775. The fraction of sp³-hybridized carbons (Fsp3) is 0.812. The van der Waals surface area contributed by atoms with Gasteiger partial charge >= 0.3 is 18.2 Å². The molecule has 26 heavy (non-hydrogen) atoms. The van der Waals surface area contributed by atoms with Crippen LogP contribution in [-0.2, 0) is 14.3 Å². The molecule has 0 aliphatic heterocycles. The SMILES string of the molecule is CC(C)(C)OC(=O)N(CCNC(=O)C(F)(F)F)C(=O)C1CCC(O)CC1. The van der Waals surface area contributed by atoms with Gasteiger partial charge in [0.15, 0.2) is 0 Å². The molecule has 1 aliphatic carbocycles. The number of nitrogens with zero attached hydrogens (tertiary/aromatic N) is 1. The molecule has 0 aromatic rings. The Kier molecular flexibility index (Phi) is 7.43. The van der Waals surface area contributed by atoms with Crippen molar-refractivity contribution in [1.82, 2.24) is 10.2 Å². The second kappa shape index (κ2) is 8.70. The van der Waals surface area contributed by atoms with E-state index in [4.69, 9.17) is 4.74 Å². The highest BCUT2D eigenvalue weighted by atomic mass is 19.4. The summed E-state index contributed by atoms with van der Waals surface area (Å²) in [6, 6.07) is 0. The molecule has 0 atom stereocenters. The van der Waals surface area contributed by atoms with Crippen LogP contribution in [0.4, 0.5) is 18.0 Å². The second-order valence-electron chi connectivity index (χ2n) is 7.23. The van der Waals surface area contributed by atoms with Crippen LogP contribution in [0.5, 0.6) is 0 Å². The summed E-state index contributed by atoms with van der Waals surface area (Å²) in [6.07, 6.45) is -4.97. The van der Waals surface area contributed by atoms with Crippen molar-refractivity contribution in [3.63, 3.8) is 0 Å². The third kappa shape index (κ3) is 7.19. The smallest absolute Gasteiger partial charge is 0.443 e. The predicted molar refractivity (Wildman–Crippen MR) is 85.0 cm³/mol. The van der Waals surface area contributed by atoms with Gasteiger partial charge < -0.3 is 15.2 Å². The first-order valence-corrected chi connectivity index (χ1v) is 8.38. The number of aliphatic hydroxyl groups is 1. The fourth-order valence-corrected chi connectivity index (χ4v) is 2.53. The number of halogens is 3. The molecule has 0 radical (unpaired) electrons. The summed E-state index contributed by atoms with van der Waals surface area (Å²) in [5, 5.41) is 11.1.